The molecule has 4 heteroatoms. The first-order valence-electron chi connectivity index (χ1n) is 20.1. The van der Waals surface area contributed by atoms with Crippen molar-refractivity contribution in [3.05, 3.63) is 12.2 Å². The van der Waals surface area contributed by atoms with Crippen LogP contribution in [0.25, 0.3) is 0 Å². The highest BCUT2D eigenvalue weighted by Gasteiger charge is 2.22. The molecule has 0 N–H and O–H groups in total. The number of unbranched alkanes of at least 4 members (excludes halogenated alkanes) is 1. The molecule has 1 aliphatic rings. The zero-order chi connectivity index (χ0) is 53.4. The molecule has 0 aromatic rings. The second kappa shape index (κ2) is 53.4. The molecular weight excluding hydrogens is 903 g/mol. The summed E-state index contributed by atoms with van der Waals surface area (Å²) < 4.78 is 5.26. The summed E-state index contributed by atoms with van der Waals surface area (Å²) in [7, 11) is 0. The van der Waals surface area contributed by atoms with E-state index in [-0.39, 0.29) is 11.8 Å². The molecule has 0 radical (unpaired) electrons. The van der Waals surface area contributed by atoms with Gasteiger partial charge < -0.3 is 4.74 Å². The predicted molar refractivity (Wildman–Crippen MR) is 288 cm³/mol. The first kappa shape index (κ1) is 60.1. The average Bonchev–Trinajstić information content (AvgIpc) is 3.73. The van der Waals surface area contributed by atoms with Crippen molar-refractivity contribution in [2.45, 2.75) is 33.6 Å². The Labute approximate surface area is 437 Å². The van der Waals surface area contributed by atoms with Crippen LogP contribution in [0.4, 0.5) is 0 Å². The van der Waals surface area contributed by atoms with E-state index in [1.165, 1.54) is 17.1 Å². The molecule has 0 fully saturated rings. The van der Waals surface area contributed by atoms with Crippen LogP contribution >= 0.6 is 0 Å². The normalized spacial score (nSPS) is 6.18. The lowest BCUT2D eigenvalue weighted by Gasteiger charge is -2.13. The third kappa shape index (κ3) is 47.6. The molecule has 2 amide bonds. The SMILES string of the molecule is CC#CC#CC#CC#CC#CC#CC#CC#CC#CC#CC#CC#CC#CC#CC#CC#CC#CC#CC#CC#CC#CC#CC#CC#CC#CC#CC#CC#CC#CC.CCCCOCCN1C(=O)C=CC1=O. The number of imide groups is 1. The van der Waals surface area contributed by atoms with Gasteiger partial charge in [0.15, 0.2) is 0 Å². The zero-order valence-corrected chi connectivity index (χ0v) is 39.4. The third-order valence-corrected chi connectivity index (χ3v) is 5.69. The fourth-order valence-corrected chi connectivity index (χ4v) is 2.97. The van der Waals surface area contributed by atoms with Crippen molar-refractivity contribution >= 4 is 11.8 Å². The van der Waals surface area contributed by atoms with Crippen LogP contribution in [0.2, 0.25) is 0 Å². The number of carbonyl (C=O) groups is 2. The Morgan fingerprint density at radius 2 is 0.446 bits per heavy atom. The number of hydrogen-bond donors (Lipinski definition) is 0. The highest BCUT2D eigenvalue weighted by Crippen LogP contribution is 2.02. The van der Waals surface area contributed by atoms with E-state index in [4.69, 9.17) is 4.74 Å². The summed E-state index contributed by atoms with van der Waals surface area (Å²) in [5, 5.41) is 0. The Hall–Kier alpha value is -13.9. The molecule has 74 heavy (non-hydrogen) atoms. The van der Waals surface area contributed by atoms with Crippen LogP contribution in [0, 0.1) is 343 Å². The molecule has 0 unspecified atom stereocenters. The van der Waals surface area contributed by atoms with Gasteiger partial charge in [-0.15, -0.1) is 0 Å². The van der Waals surface area contributed by atoms with Gasteiger partial charge >= 0.3 is 0 Å². The van der Waals surface area contributed by atoms with Crippen LogP contribution in [0.3, 0.4) is 0 Å². The molecule has 0 aromatic heterocycles. The van der Waals surface area contributed by atoms with Crippen molar-refractivity contribution in [1.82, 2.24) is 4.90 Å². The lowest BCUT2D eigenvalue weighted by Crippen LogP contribution is -2.33. The van der Waals surface area contributed by atoms with Crippen molar-refractivity contribution in [1.29, 1.82) is 0 Å². The standard InChI is InChI=1S/C60H6.C10H15NO3/c1-3-5-7-9-11-13-15-17-19-21-23-25-27-29-31-33-35-37-39-41-43-45-47-49-51-53-55-57-59-60-58-56-54-52-50-48-46-44-42-40-38-36-34-32-30-28-26-24-22-20-18-16-14-12-10-8-6-4-2;1-2-3-7-14-8-6-11-9(12)4-5-10(11)13/h1-2H3;4-5H,2-3,6-8H2,1H3. The topological polar surface area (TPSA) is 46.6 Å². The first-order valence-corrected chi connectivity index (χ1v) is 20.1. The highest BCUT2D eigenvalue weighted by atomic mass is 16.5. The quantitative estimate of drug-likeness (QED) is 0.233. The lowest BCUT2D eigenvalue weighted by molar-refractivity contribution is -0.137. The van der Waals surface area contributed by atoms with Gasteiger partial charge in [-0.3, -0.25) is 14.5 Å². The summed E-state index contributed by atoms with van der Waals surface area (Å²) in [6.07, 6.45) is 4.67. The molecule has 0 spiro atoms. The number of rotatable bonds is 6. The van der Waals surface area contributed by atoms with Gasteiger partial charge in [0.05, 0.1) is 13.2 Å². The first-order chi connectivity index (χ1) is 36.7. The Bertz CT molecular complexity index is 4010. The maximum Gasteiger partial charge on any atom is 0.253 e. The minimum atomic E-state index is -0.242. The maximum atomic E-state index is 11.1. The minimum Gasteiger partial charge on any atom is -0.380 e. The molecular formula is C70H21NO3. The average molecular weight is 924 g/mol. The summed E-state index contributed by atoms with van der Waals surface area (Å²) in [5.74, 6) is 145. The van der Waals surface area contributed by atoms with Crippen LogP contribution in [-0.4, -0.2) is 36.5 Å². The van der Waals surface area contributed by atoms with E-state index in [1.54, 1.807) is 13.8 Å². The van der Waals surface area contributed by atoms with Gasteiger partial charge in [-0.05, 0) is 115 Å². The van der Waals surface area contributed by atoms with Crippen molar-refractivity contribution in [2.75, 3.05) is 19.8 Å². The molecule has 4 nitrogen and oxygen atoms in total. The van der Waals surface area contributed by atoms with Gasteiger partial charge in [0, 0.05) is 256 Å². The summed E-state index contributed by atoms with van der Waals surface area (Å²) in [4.78, 5) is 23.3. The van der Waals surface area contributed by atoms with Crippen LogP contribution in [0.1, 0.15) is 33.6 Å². The number of nitrogens with zero attached hydrogens (tertiary/aromatic N) is 1. The van der Waals surface area contributed by atoms with E-state index >= 15 is 0 Å². The molecule has 1 rings (SSSR count). The minimum absolute atomic E-state index is 0.242. The van der Waals surface area contributed by atoms with Crippen molar-refractivity contribution < 1.29 is 14.3 Å². The highest BCUT2D eigenvalue weighted by molar-refractivity contribution is 6.12. The smallest absolute Gasteiger partial charge is 0.253 e. The third-order valence-electron chi connectivity index (χ3n) is 5.69. The molecule has 1 aliphatic heterocycles. The lowest BCUT2D eigenvalue weighted by atomic mass is 10.4. The Morgan fingerprint density at radius 3 is 0.595 bits per heavy atom. The van der Waals surface area contributed by atoms with E-state index in [1.807, 2.05) is 0 Å². The van der Waals surface area contributed by atoms with Crippen LogP contribution < -0.4 is 0 Å². The second-order valence-electron chi connectivity index (χ2n) is 10.6. The van der Waals surface area contributed by atoms with E-state index in [0.29, 0.717) is 19.8 Å². The van der Waals surface area contributed by atoms with E-state index in [9.17, 15) is 9.59 Å². The monoisotopic (exact) mass is 923 g/mol. The molecule has 324 valence electrons. The summed E-state index contributed by atoms with van der Waals surface area (Å²) in [6, 6.07) is 0. The van der Waals surface area contributed by atoms with Crippen LogP contribution in [0.5, 0.6) is 0 Å². The summed E-state index contributed by atoms with van der Waals surface area (Å²) in [5.41, 5.74) is 0. The van der Waals surface area contributed by atoms with Gasteiger partial charge in [0.25, 0.3) is 11.8 Å². The van der Waals surface area contributed by atoms with Crippen molar-refractivity contribution in [2.24, 2.45) is 0 Å². The van der Waals surface area contributed by atoms with Crippen LogP contribution in [-0.2, 0) is 14.3 Å². The van der Waals surface area contributed by atoms with E-state index in [0.717, 1.165) is 12.8 Å². The van der Waals surface area contributed by atoms with Crippen molar-refractivity contribution in [3.63, 3.8) is 0 Å². The van der Waals surface area contributed by atoms with Gasteiger partial charge in [0.2, 0.25) is 0 Å². The predicted octanol–water partition coefficient (Wildman–Crippen LogP) is 1.85. The fraction of sp³-hybridized carbons (Fsp3) is 0.114. The van der Waals surface area contributed by atoms with Gasteiger partial charge in [-0.1, -0.05) is 25.2 Å². The molecule has 0 saturated carbocycles. The number of amides is 2. The van der Waals surface area contributed by atoms with Gasteiger partial charge in [-0.2, -0.15) is 0 Å². The molecule has 1 heterocycles. The molecule has 0 aromatic carbocycles. The molecule has 0 aliphatic carbocycles. The zero-order valence-electron chi connectivity index (χ0n) is 39.4. The molecule has 0 atom stereocenters. The van der Waals surface area contributed by atoms with Crippen LogP contribution in [0.15, 0.2) is 12.2 Å². The molecule has 0 saturated heterocycles. The summed E-state index contributed by atoms with van der Waals surface area (Å²) in [6.45, 7) is 6.94. The largest absolute Gasteiger partial charge is 0.380 e. The van der Waals surface area contributed by atoms with E-state index < -0.39 is 0 Å². The second-order valence-corrected chi connectivity index (χ2v) is 10.6. The van der Waals surface area contributed by atoms with Crippen molar-refractivity contribution in [3.8, 4) is 343 Å². The van der Waals surface area contributed by atoms with Gasteiger partial charge in [0.1, 0.15) is 0 Å². The molecule has 0 bridgehead atoms. The van der Waals surface area contributed by atoms with E-state index in [2.05, 4.69) is 350 Å². The number of ether oxygens (including phenoxy) is 1. The Kier molecular flexibility index (Phi) is 43.4. The fourth-order valence-electron chi connectivity index (χ4n) is 2.97. The number of carbonyl (C=O) groups excluding carboxylic acids is 2. The Morgan fingerprint density at radius 1 is 0.284 bits per heavy atom. The van der Waals surface area contributed by atoms with Gasteiger partial charge in [-0.25, -0.2) is 0 Å². The maximum absolute atomic E-state index is 11.1. The summed E-state index contributed by atoms with van der Waals surface area (Å²) >= 11 is 0. The number of hydrogen-bond acceptors (Lipinski definition) is 3. The Balaban J connectivity index is 0.00000325.